The number of imide groups is 2. The van der Waals surface area contributed by atoms with Gasteiger partial charge in [0.2, 0.25) is 5.75 Å². The Morgan fingerprint density at radius 3 is 2.41 bits per heavy atom. The van der Waals surface area contributed by atoms with E-state index in [0.717, 1.165) is 23.1 Å². The topological polar surface area (TPSA) is 171 Å². The van der Waals surface area contributed by atoms with Crippen molar-refractivity contribution in [2.24, 2.45) is 0 Å². The minimum atomic E-state index is -0.930. The van der Waals surface area contributed by atoms with Crippen LogP contribution in [0.15, 0.2) is 54.1 Å². The normalized spacial score (nSPS) is 14.2. The maximum absolute atomic E-state index is 13.4. The molecule has 0 bridgehead atoms. The zero-order valence-electron chi connectivity index (χ0n) is 21.2. The first-order valence-electron chi connectivity index (χ1n) is 11.7. The van der Waals surface area contributed by atoms with Gasteiger partial charge in [-0.05, 0) is 84.0 Å². The van der Waals surface area contributed by atoms with Crippen molar-refractivity contribution in [1.82, 2.24) is 5.32 Å². The number of urea groups is 1. The van der Waals surface area contributed by atoms with Gasteiger partial charge in [-0.3, -0.25) is 35.1 Å². The summed E-state index contributed by atoms with van der Waals surface area (Å²) in [6.45, 7) is 3.52. The number of aryl methyl sites for hydroxylation is 1. The fraction of sp³-hybridized carbons (Fsp3) is 0.115. The van der Waals surface area contributed by atoms with Gasteiger partial charge in [0, 0.05) is 11.1 Å². The van der Waals surface area contributed by atoms with Crippen LogP contribution in [-0.4, -0.2) is 34.3 Å². The number of anilines is 1. The van der Waals surface area contributed by atoms with Gasteiger partial charge in [0.1, 0.15) is 5.57 Å². The van der Waals surface area contributed by atoms with E-state index < -0.39 is 39.1 Å². The van der Waals surface area contributed by atoms with Gasteiger partial charge in [-0.15, -0.1) is 0 Å². The molecule has 0 saturated carbocycles. The minimum absolute atomic E-state index is 0.0670. The Labute approximate surface area is 250 Å². The van der Waals surface area contributed by atoms with Gasteiger partial charge >= 0.3 is 11.7 Å². The molecular weight excluding hydrogens is 675 g/mol. The largest absolute Gasteiger partial charge is 0.490 e. The fourth-order valence-electron chi connectivity index (χ4n) is 3.86. The summed E-state index contributed by atoms with van der Waals surface area (Å²) in [6.07, 6.45) is 1.26. The number of nitrogens with zero attached hydrogens (tertiary/aromatic N) is 3. The molecule has 3 aromatic carbocycles. The van der Waals surface area contributed by atoms with Gasteiger partial charge in [-0.25, -0.2) is 9.69 Å². The number of ether oxygens (including phenoxy) is 2. The first-order valence-corrected chi connectivity index (χ1v) is 13.1. The molecule has 41 heavy (non-hydrogen) atoms. The van der Waals surface area contributed by atoms with Crippen LogP contribution < -0.4 is 19.7 Å². The van der Waals surface area contributed by atoms with Crippen molar-refractivity contribution in [3.05, 3.63) is 94.1 Å². The van der Waals surface area contributed by atoms with E-state index in [9.17, 15) is 34.6 Å². The third-order valence-electron chi connectivity index (χ3n) is 5.72. The third kappa shape index (κ3) is 6.12. The number of carbonyl (C=O) groups excluding carboxylic acids is 3. The number of halogens is 2. The summed E-state index contributed by atoms with van der Waals surface area (Å²) in [7, 11) is 0. The lowest BCUT2D eigenvalue weighted by Gasteiger charge is -2.27. The highest BCUT2D eigenvalue weighted by Gasteiger charge is 2.37. The summed E-state index contributed by atoms with van der Waals surface area (Å²) in [5.41, 5.74) is -0.366. The predicted molar refractivity (Wildman–Crippen MR) is 155 cm³/mol. The number of amides is 4. The Hall–Kier alpha value is -4.57. The van der Waals surface area contributed by atoms with Crippen molar-refractivity contribution in [3.8, 4) is 17.2 Å². The summed E-state index contributed by atoms with van der Waals surface area (Å²) in [5, 5.41) is 25.1. The molecule has 0 atom stereocenters. The van der Waals surface area contributed by atoms with Gasteiger partial charge < -0.3 is 9.47 Å². The number of hydrogen-bond donors (Lipinski definition) is 1. The summed E-state index contributed by atoms with van der Waals surface area (Å²) in [4.78, 5) is 60.5. The molecule has 1 heterocycles. The number of nitrogens with one attached hydrogen (secondary N) is 1. The van der Waals surface area contributed by atoms with E-state index in [2.05, 4.69) is 5.32 Å². The molecule has 210 valence electrons. The number of non-ortho nitro benzene ring substituents is 1. The van der Waals surface area contributed by atoms with Crippen LogP contribution in [0.4, 0.5) is 21.9 Å². The summed E-state index contributed by atoms with van der Waals surface area (Å²) >= 11 is 7.94. The molecule has 0 spiro atoms. The number of carbonyl (C=O) groups is 3. The van der Waals surface area contributed by atoms with Gasteiger partial charge in [0.25, 0.3) is 17.5 Å². The molecule has 1 fully saturated rings. The zero-order valence-corrected chi connectivity index (χ0v) is 24.1. The second kappa shape index (κ2) is 11.9. The molecule has 4 rings (SSSR count). The van der Waals surface area contributed by atoms with Crippen LogP contribution in [0.25, 0.3) is 6.08 Å². The van der Waals surface area contributed by atoms with Crippen molar-refractivity contribution in [1.29, 1.82) is 0 Å². The van der Waals surface area contributed by atoms with E-state index in [0.29, 0.717) is 14.7 Å². The number of nitro groups is 2. The highest BCUT2D eigenvalue weighted by Crippen LogP contribution is 2.42. The van der Waals surface area contributed by atoms with Crippen molar-refractivity contribution < 1.29 is 33.7 Å². The van der Waals surface area contributed by atoms with Crippen molar-refractivity contribution in [3.63, 3.8) is 0 Å². The quantitative estimate of drug-likeness (QED) is 0.0988. The number of barbiturate groups is 1. The lowest BCUT2D eigenvalue weighted by atomic mass is 10.1. The van der Waals surface area contributed by atoms with Crippen molar-refractivity contribution in [2.45, 2.75) is 13.8 Å². The Kier molecular flexibility index (Phi) is 8.53. The smallest absolute Gasteiger partial charge is 0.335 e. The summed E-state index contributed by atoms with van der Waals surface area (Å²) in [6, 6.07) is 9.64. The molecule has 1 aliphatic heterocycles. The number of rotatable bonds is 8. The van der Waals surface area contributed by atoms with Crippen molar-refractivity contribution in [2.75, 3.05) is 11.5 Å². The SMILES string of the molecule is CCOc1cc(/C=C2\C(=O)NC(=O)N(c3cc(Cl)ccc3C)C2=O)cc(I)c1Oc1ccc([N+](=O)[O-])cc1[N+](=O)[O-]. The average Bonchev–Trinajstić information content (AvgIpc) is 2.90. The van der Waals surface area contributed by atoms with Crippen LogP contribution in [0.1, 0.15) is 18.1 Å². The van der Waals surface area contributed by atoms with Crippen LogP contribution in [0, 0.1) is 30.7 Å². The average molecular weight is 693 g/mol. The lowest BCUT2D eigenvalue weighted by molar-refractivity contribution is -0.394. The van der Waals surface area contributed by atoms with E-state index >= 15 is 0 Å². The van der Waals surface area contributed by atoms with E-state index in [-0.39, 0.29) is 40.1 Å². The lowest BCUT2D eigenvalue weighted by Crippen LogP contribution is -2.54. The number of nitro benzene ring substituents is 2. The maximum atomic E-state index is 13.4. The highest BCUT2D eigenvalue weighted by molar-refractivity contribution is 14.1. The molecule has 4 amide bonds. The van der Waals surface area contributed by atoms with Gasteiger partial charge in [-0.2, -0.15) is 0 Å². The van der Waals surface area contributed by atoms with Crippen LogP contribution >= 0.6 is 34.2 Å². The van der Waals surface area contributed by atoms with E-state index in [1.54, 1.807) is 26.0 Å². The van der Waals surface area contributed by atoms with Crippen LogP contribution in [0.3, 0.4) is 0 Å². The third-order valence-corrected chi connectivity index (χ3v) is 6.75. The summed E-state index contributed by atoms with van der Waals surface area (Å²) < 4.78 is 11.8. The van der Waals surface area contributed by atoms with Crippen LogP contribution in [-0.2, 0) is 9.59 Å². The highest BCUT2D eigenvalue weighted by atomic mass is 127. The zero-order chi connectivity index (χ0) is 30.0. The number of hydrogen-bond acceptors (Lipinski definition) is 9. The molecule has 0 radical (unpaired) electrons. The molecule has 0 unspecified atom stereocenters. The monoisotopic (exact) mass is 692 g/mol. The molecular formula is C26H18ClIN4O9. The van der Waals surface area contributed by atoms with Crippen LogP contribution in [0.5, 0.6) is 17.2 Å². The second-order valence-corrected chi connectivity index (χ2v) is 10.0. The molecule has 1 N–H and O–H groups in total. The minimum Gasteiger partial charge on any atom is -0.490 e. The molecule has 1 saturated heterocycles. The first-order chi connectivity index (χ1) is 19.4. The Morgan fingerprint density at radius 1 is 1.02 bits per heavy atom. The van der Waals surface area contributed by atoms with E-state index in [1.807, 2.05) is 22.6 Å². The Balaban J connectivity index is 1.76. The van der Waals surface area contributed by atoms with Gasteiger partial charge in [-0.1, -0.05) is 17.7 Å². The molecule has 13 nitrogen and oxygen atoms in total. The molecule has 3 aromatic rings. The first kappa shape index (κ1) is 29.4. The van der Waals surface area contributed by atoms with Crippen LogP contribution in [0.2, 0.25) is 5.02 Å². The Bertz CT molecular complexity index is 1670. The Morgan fingerprint density at radius 2 is 1.76 bits per heavy atom. The van der Waals surface area contributed by atoms with E-state index in [1.165, 1.54) is 24.3 Å². The second-order valence-electron chi connectivity index (χ2n) is 8.42. The van der Waals surface area contributed by atoms with Crippen molar-refractivity contribution >= 4 is 75.2 Å². The standard InChI is InChI=1S/C26H18ClIN4O9/c1-3-40-22-10-14(9-18(28)23(22)41-21-7-6-16(31(36)37)12-20(21)32(38)39)8-17-24(33)29-26(35)30(25(17)34)19-11-15(27)5-4-13(19)2/h4-12H,3H2,1-2H3,(H,29,33,35)/b17-8+. The molecule has 0 aliphatic carbocycles. The molecule has 0 aromatic heterocycles. The molecule has 15 heteroatoms. The predicted octanol–water partition coefficient (Wildman–Crippen LogP) is 5.93. The summed E-state index contributed by atoms with van der Waals surface area (Å²) in [5.74, 6) is -1.87. The number of benzene rings is 3. The van der Waals surface area contributed by atoms with Gasteiger partial charge in [0.15, 0.2) is 11.5 Å². The maximum Gasteiger partial charge on any atom is 0.335 e. The van der Waals surface area contributed by atoms with Gasteiger partial charge in [0.05, 0.1) is 31.8 Å². The fourth-order valence-corrected chi connectivity index (χ4v) is 4.76. The van der Waals surface area contributed by atoms with E-state index in [4.69, 9.17) is 21.1 Å². The molecule has 1 aliphatic rings.